The van der Waals surface area contributed by atoms with E-state index >= 15 is 0 Å². The highest BCUT2D eigenvalue weighted by molar-refractivity contribution is 7.92. The minimum Gasteiger partial charge on any atom is -0.476 e. The van der Waals surface area contributed by atoms with Gasteiger partial charge in [0.2, 0.25) is 11.8 Å². The Labute approximate surface area is 207 Å². The Morgan fingerprint density at radius 3 is 2.64 bits per heavy atom. The molecular weight excluding hydrogens is 513 g/mol. The number of hydrogen-bond donors (Lipinski definition) is 2. The quantitative estimate of drug-likeness (QED) is 0.482. The van der Waals surface area contributed by atoms with Gasteiger partial charge in [-0.15, -0.1) is 0 Å². The van der Waals surface area contributed by atoms with E-state index in [1.54, 1.807) is 22.9 Å². The zero-order valence-corrected chi connectivity index (χ0v) is 19.9. The van der Waals surface area contributed by atoms with Crippen molar-refractivity contribution in [2.24, 2.45) is 4.99 Å². The molecule has 2 aliphatic heterocycles. The van der Waals surface area contributed by atoms with Crippen LogP contribution in [0.2, 0.25) is 0 Å². The van der Waals surface area contributed by atoms with Crippen LogP contribution in [0.1, 0.15) is 21.5 Å². The van der Waals surface area contributed by atoms with Crippen LogP contribution < -0.4 is 14.9 Å². The van der Waals surface area contributed by atoms with Crippen molar-refractivity contribution in [1.29, 1.82) is 0 Å². The monoisotopic (exact) mass is 529 g/mol. The molecule has 0 radical (unpaired) electrons. The molecular formula is C22H16FN5O6S2. The molecule has 0 saturated heterocycles. The van der Waals surface area contributed by atoms with Crippen LogP contribution in [-0.4, -0.2) is 50.3 Å². The number of imide groups is 1. The fraction of sp³-hybridized carbons (Fsp3) is 0.136. The van der Waals surface area contributed by atoms with Crippen molar-refractivity contribution >= 4 is 56.6 Å². The van der Waals surface area contributed by atoms with Gasteiger partial charge in [-0.3, -0.25) is 9.59 Å². The van der Waals surface area contributed by atoms with Gasteiger partial charge in [0.15, 0.2) is 5.13 Å². The molecule has 36 heavy (non-hydrogen) atoms. The number of pyridine rings is 1. The maximum Gasteiger partial charge on any atom is 0.333 e. The maximum atomic E-state index is 13.1. The number of nitrogens with one attached hydrogen (secondary N) is 2. The van der Waals surface area contributed by atoms with Gasteiger partial charge in [0, 0.05) is 11.1 Å². The summed E-state index contributed by atoms with van der Waals surface area (Å²) in [6.07, 6.45) is 1.13. The number of sulfonamides is 1. The number of nitrogens with zero attached hydrogens (tertiary/aromatic N) is 3. The fourth-order valence-electron chi connectivity index (χ4n) is 3.66. The van der Waals surface area contributed by atoms with Crippen molar-refractivity contribution in [3.63, 3.8) is 0 Å². The van der Waals surface area contributed by atoms with Crippen molar-refractivity contribution in [3.05, 3.63) is 70.5 Å². The molecule has 2 aromatic heterocycles. The third-order valence-electron chi connectivity index (χ3n) is 5.24. The number of halogens is 1. The maximum absolute atomic E-state index is 13.1. The third kappa shape index (κ3) is 4.55. The van der Waals surface area contributed by atoms with E-state index in [0.29, 0.717) is 47.1 Å². The van der Waals surface area contributed by atoms with Gasteiger partial charge in [0.1, 0.15) is 16.6 Å². The first kappa shape index (κ1) is 23.6. The molecule has 0 fully saturated rings. The molecule has 0 aliphatic carbocycles. The minimum absolute atomic E-state index is 0.0343. The van der Waals surface area contributed by atoms with Crippen molar-refractivity contribution < 1.29 is 31.9 Å². The molecule has 5 rings (SSSR count). The van der Waals surface area contributed by atoms with Gasteiger partial charge >= 0.3 is 6.03 Å². The Morgan fingerprint density at radius 1 is 1.14 bits per heavy atom. The van der Waals surface area contributed by atoms with Crippen LogP contribution >= 0.6 is 11.3 Å². The average molecular weight is 530 g/mol. The van der Waals surface area contributed by atoms with Crippen LogP contribution in [-0.2, 0) is 26.0 Å². The standard InChI is InChI=1S/C22H16FN5O6S2/c23-16-4-6-19(35-16)36(32,33)27-22(31)26-14-2-5-17(25-11-14)28-18(29)10-13-9-12(20-24-7-8-34-20)1-3-15(13)21(28)30/h1-6,9,11H,7-8,10H2,(H2,26,27,31). The normalized spacial score (nSPS) is 15.2. The first-order valence-electron chi connectivity index (χ1n) is 10.4. The highest BCUT2D eigenvalue weighted by Crippen LogP contribution is 2.26. The highest BCUT2D eigenvalue weighted by atomic mass is 32.2. The Bertz CT molecular complexity index is 1530. The number of urea groups is 1. The summed E-state index contributed by atoms with van der Waals surface area (Å²) in [6, 6.07) is 8.63. The van der Waals surface area contributed by atoms with E-state index in [9.17, 15) is 27.2 Å². The van der Waals surface area contributed by atoms with Crippen molar-refractivity contribution in [2.45, 2.75) is 10.6 Å². The summed E-state index contributed by atoms with van der Waals surface area (Å²) in [7, 11) is -4.25. The number of fused-ring (bicyclic) bond motifs is 1. The lowest BCUT2D eigenvalue weighted by molar-refractivity contribution is -0.117. The van der Waals surface area contributed by atoms with Gasteiger partial charge in [-0.1, -0.05) is 11.3 Å². The number of anilines is 2. The Kier molecular flexibility index (Phi) is 5.97. The van der Waals surface area contributed by atoms with E-state index in [0.717, 1.165) is 17.0 Å². The summed E-state index contributed by atoms with van der Waals surface area (Å²) in [4.78, 5) is 47.2. The Balaban J connectivity index is 1.29. The fourth-order valence-corrected chi connectivity index (χ4v) is 5.57. The molecule has 0 bridgehead atoms. The number of carbonyl (C=O) groups is 3. The molecule has 2 aliphatic rings. The van der Waals surface area contributed by atoms with E-state index in [4.69, 9.17) is 4.74 Å². The number of aromatic nitrogens is 1. The molecule has 0 spiro atoms. The molecule has 0 unspecified atom stereocenters. The van der Waals surface area contributed by atoms with Gasteiger partial charge < -0.3 is 10.1 Å². The molecule has 0 saturated carbocycles. The van der Waals surface area contributed by atoms with Gasteiger partial charge in [-0.25, -0.2) is 32.8 Å². The summed E-state index contributed by atoms with van der Waals surface area (Å²) >= 11 is 0.372. The Morgan fingerprint density at radius 2 is 1.97 bits per heavy atom. The van der Waals surface area contributed by atoms with E-state index in [2.05, 4.69) is 15.3 Å². The van der Waals surface area contributed by atoms with Crippen LogP contribution in [0.25, 0.3) is 0 Å². The van der Waals surface area contributed by atoms with Crippen LogP contribution in [0.3, 0.4) is 0 Å². The molecule has 2 N–H and O–H groups in total. The smallest absolute Gasteiger partial charge is 0.333 e. The molecule has 1 aromatic carbocycles. The van der Waals surface area contributed by atoms with E-state index in [1.807, 2.05) is 0 Å². The van der Waals surface area contributed by atoms with Crippen LogP contribution in [0.15, 0.2) is 57.9 Å². The topological polar surface area (TPSA) is 147 Å². The van der Waals surface area contributed by atoms with Gasteiger partial charge in [-0.05, 0) is 48.0 Å². The van der Waals surface area contributed by atoms with Crippen molar-refractivity contribution in [2.75, 3.05) is 23.4 Å². The minimum atomic E-state index is -4.25. The van der Waals surface area contributed by atoms with E-state index in [-0.39, 0.29) is 22.1 Å². The van der Waals surface area contributed by atoms with Crippen molar-refractivity contribution in [1.82, 2.24) is 9.71 Å². The number of carbonyl (C=O) groups excluding carboxylic acids is 3. The average Bonchev–Trinajstić information content (AvgIpc) is 3.52. The number of hydrogen-bond acceptors (Lipinski definition) is 9. The molecule has 4 heterocycles. The molecule has 0 atom stereocenters. The van der Waals surface area contributed by atoms with E-state index < -0.39 is 33.0 Å². The molecule has 3 aromatic rings. The van der Waals surface area contributed by atoms with Crippen LogP contribution in [0, 0.1) is 5.13 Å². The predicted molar refractivity (Wildman–Crippen MR) is 127 cm³/mol. The summed E-state index contributed by atoms with van der Waals surface area (Å²) < 4.78 is 44.2. The summed E-state index contributed by atoms with van der Waals surface area (Å²) in [5.74, 6) is -0.526. The molecule has 11 nitrogen and oxygen atoms in total. The summed E-state index contributed by atoms with van der Waals surface area (Å²) in [5, 5.41) is 1.57. The third-order valence-corrected chi connectivity index (χ3v) is 7.93. The lowest BCUT2D eigenvalue weighted by Gasteiger charge is -2.26. The first-order chi connectivity index (χ1) is 17.2. The van der Waals surface area contributed by atoms with Crippen molar-refractivity contribution in [3.8, 4) is 0 Å². The molecule has 4 amide bonds. The highest BCUT2D eigenvalue weighted by Gasteiger charge is 2.33. The van der Waals surface area contributed by atoms with Crippen LogP contribution in [0.4, 0.5) is 20.7 Å². The number of rotatable bonds is 5. The predicted octanol–water partition coefficient (Wildman–Crippen LogP) is 2.30. The van der Waals surface area contributed by atoms with Gasteiger partial charge in [0.25, 0.3) is 15.9 Å². The summed E-state index contributed by atoms with van der Waals surface area (Å²) in [6.45, 7) is 1.04. The second kappa shape index (κ2) is 9.13. The van der Waals surface area contributed by atoms with E-state index in [1.165, 1.54) is 18.3 Å². The second-order valence-electron chi connectivity index (χ2n) is 7.64. The zero-order chi connectivity index (χ0) is 25.4. The lowest BCUT2D eigenvalue weighted by atomic mass is 9.96. The molecule has 14 heteroatoms. The number of ether oxygens (including phenoxy) is 1. The number of amides is 4. The molecule has 184 valence electrons. The number of aliphatic imine (C=N–C) groups is 1. The second-order valence-corrected chi connectivity index (χ2v) is 10.6. The zero-order valence-electron chi connectivity index (χ0n) is 18.2. The lowest BCUT2D eigenvalue weighted by Crippen LogP contribution is -2.43. The Hall–Kier alpha value is -4.17. The largest absolute Gasteiger partial charge is 0.476 e. The number of benzene rings is 1. The van der Waals surface area contributed by atoms with Crippen LogP contribution in [0.5, 0.6) is 0 Å². The first-order valence-corrected chi connectivity index (χ1v) is 12.7. The van der Waals surface area contributed by atoms with Gasteiger partial charge in [-0.2, -0.15) is 4.39 Å². The summed E-state index contributed by atoms with van der Waals surface area (Å²) in [5.41, 5.74) is 1.69. The van der Waals surface area contributed by atoms with Gasteiger partial charge in [0.05, 0.1) is 24.8 Å². The SMILES string of the molecule is O=C(Nc1ccc(N2C(=O)Cc3cc(C4=NCCO4)ccc3C2=O)nc1)NS(=O)(=O)c1ccc(F)s1. The number of thiophene rings is 1.